The molecule has 0 radical (unpaired) electrons. The van der Waals surface area contributed by atoms with Crippen molar-refractivity contribution in [1.82, 2.24) is 29.4 Å². The number of ether oxygens (including phenoxy) is 2. The van der Waals surface area contributed by atoms with Gasteiger partial charge < -0.3 is 15.2 Å². The van der Waals surface area contributed by atoms with Crippen molar-refractivity contribution in [2.45, 2.75) is 42.6 Å². The van der Waals surface area contributed by atoms with E-state index in [9.17, 15) is 8.42 Å². The summed E-state index contributed by atoms with van der Waals surface area (Å²) in [6.07, 6.45) is 9.69. The number of rotatable bonds is 8. The summed E-state index contributed by atoms with van der Waals surface area (Å²) >= 11 is 0. The second kappa shape index (κ2) is 10.2. The lowest BCUT2D eigenvalue weighted by Gasteiger charge is -2.29. The molecule has 0 saturated heterocycles. The van der Waals surface area contributed by atoms with Crippen molar-refractivity contribution in [2.75, 3.05) is 32.3 Å². The van der Waals surface area contributed by atoms with Crippen LogP contribution in [-0.2, 0) is 26.4 Å². The van der Waals surface area contributed by atoms with Crippen molar-refractivity contribution >= 4 is 21.3 Å². The molecule has 0 aromatic carbocycles. The Balaban J connectivity index is 1.50. The first-order valence-electron chi connectivity index (χ1n) is 12.2. The molecule has 12 heteroatoms. The van der Waals surface area contributed by atoms with E-state index >= 15 is 0 Å². The Morgan fingerprint density at radius 2 is 1.86 bits per heavy atom. The lowest BCUT2D eigenvalue weighted by atomic mass is 9.85. The molecule has 37 heavy (non-hydrogen) atoms. The molecule has 0 unspecified atom stereocenters. The number of methoxy groups -OCH3 is 1. The SMILES string of the molecule is COCCOC1CCC(c2nc3c(-c4ccc(-c5ccn(C)n5)nc4)cnn3c(N)c2S(C)(=O)=O)CC1. The summed E-state index contributed by atoms with van der Waals surface area (Å²) in [5, 5.41) is 8.78. The molecule has 4 aromatic heterocycles. The van der Waals surface area contributed by atoms with Gasteiger partial charge in [0.25, 0.3) is 0 Å². The number of nitrogens with two attached hydrogens (primary N) is 1. The molecular weight excluding hydrogens is 494 g/mol. The zero-order valence-corrected chi connectivity index (χ0v) is 22.0. The Morgan fingerprint density at radius 3 is 2.49 bits per heavy atom. The van der Waals surface area contributed by atoms with Gasteiger partial charge >= 0.3 is 0 Å². The van der Waals surface area contributed by atoms with Gasteiger partial charge in [-0.05, 0) is 37.8 Å². The second-order valence-electron chi connectivity index (χ2n) is 9.42. The molecule has 196 valence electrons. The van der Waals surface area contributed by atoms with Crippen molar-refractivity contribution in [1.29, 1.82) is 0 Å². The molecule has 4 aromatic rings. The average Bonchev–Trinajstić information content (AvgIpc) is 3.50. The van der Waals surface area contributed by atoms with Gasteiger partial charge in [-0.2, -0.15) is 14.7 Å². The van der Waals surface area contributed by atoms with Gasteiger partial charge in [-0.3, -0.25) is 9.67 Å². The fraction of sp³-hybridized carbons (Fsp3) is 0.440. The standard InChI is InChI=1S/C25H31N7O4S/c1-31-11-10-21(30-31)20-9-6-17(14-27-20)19-15-28-32-24(26)23(37(3,33)34)22(29-25(19)32)16-4-7-18(8-5-16)36-13-12-35-2/h6,9-11,14-16,18H,4-5,7-8,12-13,26H2,1-3H3. The number of sulfone groups is 1. The molecule has 4 heterocycles. The Bertz CT molecular complexity index is 1500. The van der Waals surface area contributed by atoms with E-state index in [-0.39, 0.29) is 22.7 Å². The van der Waals surface area contributed by atoms with Crippen LogP contribution in [0.25, 0.3) is 28.2 Å². The molecule has 0 amide bonds. The quantitative estimate of drug-likeness (QED) is 0.344. The molecular formula is C25H31N7O4S. The fourth-order valence-corrected chi connectivity index (χ4v) is 5.99. The van der Waals surface area contributed by atoms with E-state index in [4.69, 9.17) is 20.2 Å². The normalized spacial score (nSPS) is 18.5. The highest BCUT2D eigenvalue weighted by atomic mass is 32.2. The van der Waals surface area contributed by atoms with Gasteiger partial charge in [-0.25, -0.2) is 13.4 Å². The Labute approximate surface area is 215 Å². The Morgan fingerprint density at radius 1 is 1.08 bits per heavy atom. The first kappa shape index (κ1) is 25.3. The largest absolute Gasteiger partial charge is 0.382 e. The number of anilines is 1. The third-order valence-electron chi connectivity index (χ3n) is 6.79. The maximum Gasteiger partial charge on any atom is 0.180 e. The lowest BCUT2D eigenvalue weighted by molar-refractivity contribution is -0.00308. The molecule has 1 aliphatic rings. The molecule has 1 saturated carbocycles. The van der Waals surface area contributed by atoms with E-state index in [1.165, 1.54) is 10.8 Å². The number of nitrogen functional groups attached to an aromatic ring is 1. The summed E-state index contributed by atoms with van der Waals surface area (Å²) in [6.45, 7) is 1.10. The maximum absolute atomic E-state index is 12.8. The van der Waals surface area contributed by atoms with Gasteiger partial charge in [0.15, 0.2) is 15.5 Å². The number of hydrogen-bond donors (Lipinski definition) is 1. The smallest absolute Gasteiger partial charge is 0.180 e. The zero-order chi connectivity index (χ0) is 26.2. The van der Waals surface area contributed by atoms with Gasteiger partial charge in [0.05, 0.1) is 36.9 Å². The van der Waals surface area contributed by atoms with Crippen molar-refractivity contribution in [2.24, 2.45) is 7.05 Å². The van der Waals surface area contributed by atoms with Crippen LogP contribution in [0.4, 0.5) is 5.82 Å². The van der Waals surface area contributed by atoms with Crippen LogP contribution < -0.4 is 5.73 Å². The van der Waals surface area contributed by atoms with Gasteiger partial charge in [0, 0.05) is 49.9 Å². The zero-order valence-electron chi connectivity index (χ0n) is 21.2. The summed E-state index contributed by atoms with van der Waals surface area (Å²) in [7, 11) is -0.138. The molecule has 1 fully saturated rings. The topological polar surface area (TPSA) is 140 Å². The van der Waals surface area contributed by atoms with Crippen molar-refractivity contribution < 1.29 is 17.9 Å². The highest BCUT2D eigenvalue weighted by Gasteiger charge is 2.32. The third-order valence-corrected chi connectivity index (χ3v) is 7.95. The molecule has 0 atom stereocenters. The van der Waals surface area contributed by atoms with Crippen LogP contribution in [-0.4, -0.2) is 70.5 Å². The van der Waals surface area contributed by atoms with Crippen LogP contribution in [0.3, 0.4) is 0 Å². The number of nitrogens with zero attached hydrogens (tertiary/aromatic N) is 6. The summed E-state index contributed by atoms with van der Waals surface area (Å²) in [5.41, 5.74) is 10.5. The van der Waals surface area contributed by atoms with E-state index < -0.39 is 9.84 Å². The number of pyridine rings is 1. The number of hydrogen-bond acceptors (Lipinski definition) is 9. The highest BCUT2D eigenvalue weighted by molar-refractivity contribution is 7.91. The van der Waals surface area contributed by atoms with E-state index in [0.29, 0.717) is 24.6 Å². The van der Waals surface area contributed by atoms with E-state index in [1.54, 1.807) is 24.2 Å². The van der Waals surface area contributed by atoms with Gasteiger partial charge in [0.2, 0.25) is 0 Å². The minimum atomic E-state index is -3.64. The summed E-state index contributed by atoms with van der Waals surface area (Å²) in [6, 6.07) is 5.72. The van der Waals surface area contributed by atoms with Gasteiger partial charge in [-0.15, -0.1) is 0 Å². The van der Waals surface area contributed by atoms with Crippen LogP contribution in [0.2, 0.25) is 0 Å². The first-order valence-corrected chi connectivity index (χ1v) is 14.1. The van der Waals surface area contributed by atoms with Crippen LogP contribution in [0.15, 0.2) is 41.7 Å². The molecule has 0 bridgehead atoms. The van der Waals surface area contributed by atoms with E-state index in [1.807, 2.05) is 31.4 Å². The minimum absolute atomic E-state index is 0.0493. The van der Waals surface area contributed by atoms with Crippen LogP contribution >= 0.6 is 0 Å². The predicted octanol–water partition coefficient (Wildman–Crippen LogP) is 2.87. The molecule has 1 aliphatic carbocycles. The molecule has 2 N–H and O–H groups in total. The molecule has 0 spiro atoms. The Hall–Kier alpha value is -3.35. The number of aromatic nitrogens is 6. The van der Waals surface area contributed by atoms with Gasteiger partial charge in [0.1, 0.15) is 16.4 Å². The summed E-state index contributed by atoms with van der Waals surface area (Å²) in [4.78, 5) is 9.51. The second-order valence-corrected chi connectivity index (χ2v) is 11.4. The summed E-state index contributed by atoms with van der Waals surface area (Å²) in [5.74, 6) is 0.0250. The van der Waals surface area contributed by atoms with Crippen molar-refractivity contribution in [3.63, 3.8) is 0 Å². The molecule has 11 nitrogen and oxygen atoms in total. The predicted molar refractivity (Wildman–Crippen MR) is 139 cm³/mol. The molecule has 0 aliphatic heterocycles. The molecule has 5 rings (SSSR count). The van der Waals surface area contributed by atoms with Crippen LogP contribution in [0.5, 0.6) is 0 Å². The third kappa shape index (κ3) is 5.09. The van der Waals surface area contributed by atoms with E-state index in [2.05, 4.69) is 15.2 Å². The summed E-state index contributed by atoms with van der Waals surface area (Å²) < 4.78 is 39.8. The Kier molecular flexibility index (Phi) is 6.97. The minimum Gasteiger partial charge on any atom is -0.382 e. The average molecular weight is 526 g/mol. The monoisotopic (exact) mass is 525 g/mol. The van der Waals surface area contributed by atoms with Crippen LogP contribution in [0.1, 0.15) is 37.3 Å². The highest BCUT2D eigenvalue weighted by Crippen LogP contribution is 2.39. The fourth-order valence-electron chi connectivity index (χ4n) is 4.94. The van der Waals surface area contributed by atoms with E-state index in [0.717, 1.165) is 48.2 Å². The van der Waals surface area contributed by atoms with Crippen molar-refractivity contribution in [3.05, 3.63) is 42.5 Å². The van der Waals surface area contributed by atoms with Crippen molar-refractivity contribution in [3.8, 4) is 22.5 Å². The maximum atomic E-state index is 12.8. The van der Waals surface area contributed by atoms with Crippen LogP contribution in [0, 0.1) is 0 Å². The number of aryl methyl sites for hydroxylation is 1. The first-order chi connectivity index (χ1) is 17.8. The lowest BCUT2D eigenvalue weighted by Crippen LogP contribution is -2.24. The van der Waals surface area contributed by atoms with Gasteiger partial charge in [-0.1, -0.05) is 6.07 Å². The number of fused-ring (bicyclic) bond motifs is 1.